The number of fused-ring (bicyclic) bond motifs is 6. The van der Waals surface area contributed by atoms with Crippen LogP contribution in [0.1, 0.15) is 156 Å². The van der Waals surface area contributed by atoms with E-state index in [4.69, 9.17) is 0 Å². The van der Waals surface area contributed by atoms with Gasteiger partial charge in [0.25, 0.3) is 0 Å². The Labute approximate surface area is 261 Å². The van der Waals surface area contributed by atoms with Gasteiger partial charge in [-0.2, -0.15) is 0 Å². The van der Waals surface area contributed by atoms with Crippen LogP contribution >= 0.6 is 0 Å². The van der Waals surface area contributed by atoms with Crippen LogP contribution in [0.15, 0.2) is 60.7 Å². The zero-order chi connectivity index (χ0) is 29.6. The van der Waals surface area contributed by atoms with Crippen LogP contribution in [-0.2, 0) is 5.41 Å². The molecule has 1 aliphatic heterocycles. The number of rotatable bonds is 16. The van der Waals surface area contributed by atoms with Gasteiger partial charge in [0.05, 0.1) is 0 Å². The molecule has 1 heterocycles. The number of carbonyl (C=O) groups is 1. The number of hydrogen-bond donors (Lipinski definition) is 0. The molecule has 2 nitrogen and oxygen atoms in total. The second-order valence-electron chi connectivity index (χ2n) is 13.8. The van der Waals surface area contributed by atoms with E-state index in [-0.39, 0.29) is 5.41 Å². The van der Waals surface area contributed by atoms with E-state index in [1.54, 1.807) is 11.1 Å². The second-order valence-corrected chi connectivity index (χ2v) is 13.8. The largest absolute Gasteiger partial charge is 0.338 e. The zero-order valence-electron chi connectivity index (χ0n) is 26.9. The number of anilines is 2. The second kappa shape index (κ2) is 13.8. The number of hydrogen-bond acceptors (Lipinski definition) is 2. The van der Waals surface area contributed by atoms with Crippen molar-refractivity contribution in [1.82, 2.24) is 0 Å². The lowest BCUT2D eigenvalue weighted by Crippen LogP contribution is -2.28. The van der Waals surface area contributed by atoms with Crippen LogP contribution in [0, 0.1) is 0 Å². The molecule has 2 unspecified atom stereocenters. The summed E-state index contributed by atoms with van der Waals surface area (Å²) in [5, 5.41) is 0. The highest BCUT2D eigenvalue weighted by molar-refractivity contribution is 5.85. The summed E-state index contributed by atoms with van der Waals surface area (Å²) in [4.78, 5) is 14.3. The van der Waals surface area contributed by atoms with E-state index in [0.717, 1.165) is 11.8 Å². The molecular formula is C41H53NO. The van der Waals surface area contributed by atoms with Gasteiger partial charge in [0.2, 0.25) is 0 Å². The Morgan fingerprint density at radius 3 is 2.12 bits per heavy atom. The average Bonchev–Trinajstić information content (AvgIpc) is 3.71. The van der Waals surface area contributed by atoms with Gasteiger partial charge in [0.1, 0.15) is 6.29 Å². The Balaban J connectivity index is 1.36. The van der Waals surface area contributed by atoms with Crippen LogP contribution < -0.4 is 4.90 Å². The van der Waals surface area contributed by atoms with Gasteiger partial charge < -0.3 is 4.90 Å². The molecule has 3 aliphatic rings. The first-order valence-electron chi connectivity index (χ1n) is 17.8. The van der Waals surface area contributed by atoms with Gasteiger partial charge in [0, 0.05) is 34.3 Å². The number of carbonyl (C=O) groups excluding carboxylic acids is 1. The molecule has 2 atom stereocenters. The van der Waals surface area contributed by atoms with Crippen LogP contribution in [0.25, 0.3) is 11.1 Å². The monoisotopic (exact) mass is 575 g/mol. The highest BCUT2D eigenvalue weighted by atomic mass is 16.1. The van der Waals surface area contributed by atoms with Crippen molar-refractivity contribution in [3.05, 3.63) is 82.9 Å². The van der Waals surface area contributed by atoms with E-state index in [9.17, 15) is 4.79 Å². The lowest BCUT2D eigenvalue weighted by atomic mass is 9.70. The summed E-state index contributed by atoms with van der Waals surface area (Å²) in [6.07, 6.45) is 23.4. The van der Waals surface area contributed by atoms with Crippen LogP contribution in [0.2, 0.25) is 0 Å². The Kier molecular flexibility index (Phi) is 9.71. The molecule has 0 spiro atoms. The normalized spacial score (nSPS) is 19.3. The van der Waals surface area contributed by atoms with Gasteiger partial charge in [-0.3, -0.25) is 4.79 Å². The van der Waals surface area contributed by atoms with E-state index in [1.165, 1.54) is 137 Å². The van der Waals surface area contributed by atoms with Gasteiger partial charge in [-0.05, 0) is 83.8 Å². The third kappa shape index (κ3) is 5.84. The minimum atomic E-state index is 0.108. The van der Waals surface area contributed by atoms with Crippen molar-refractivity contribution in [2.45, 2.75) is 140 Å². The van der Waals surface area contributed by atoms with Crippen LogP contribution in [0.4, 0.5) is 11.4 Å². The Morgan fingerprint density at radius 2 is 1.40 bits per heavy atom. The third-order valence-corrected chi connectivity index (χ3v) is 11.1. The highest BCUT2D eigenvalue weighted by Gasteiger charge is 2.45. The molecular weight excluding hydrogens is 522 g/mol. The van der Waals surface area contributed by atoms with Crippen LogP contribution in [0.5, 0.6) is 0 Å². The van der Waals surface area contributed by atoms with Crippen molar-refractivity contribution in [2.75, 3.05) is 4.90 Å². The quantitative estimate of drug-likeness (QED) is 0.125. The number of nitrogens with zero attached hydrogens (tertiary/aromatic N) is 1. The minimum Gasteiger partial charge on any atom is -0.338 e. The molecule has 0 N–H and O–H groups in total. The lowest BCUT2D eigenvalue weighted by Gasteiger charge is -2.34. The Hall–Kier alpha value is -2.87. The SMILES string of the molecule is CCCCCCCCC1(CCCCCCCC)c2ccccc2-c2ccc(N3c4ccc(C=O)cc4C4CCCC43)cc21. The summed E-state index contributed by atoms with van der Waals surface area (Å²) in [5.74, 6) is 0.538. The molecule has 1 fully saturated rings. The average molecular weight is 576 g/mol. The maximum atomic E-state index is 11.7. The summed E-state index contributed by atoms with van der Waals surface area (Å²) in [7, 11) is 0. The van der Waals surface area contributed by atoms with E-state index in [2.05, 4.69) is 73.3 Å². The summed E-state index contributed by atoms with van der Waals surface area (Å²) in [5.41, 5.74) is 11.1. The van der Waals surface area contributed by atoms with Crippen LogP contribution in [0.3, 0.4) is 0 Å². The minimum absolute atomic E-state index is 0.108. The fraction of sp³-hybridized carbons (Fsp3) is 0.537. The Morgan fingerprint density at radius 1 is 0.721 bits per heavy atom. The van der Waals surface area contributed by atoms with Gasteiger partial charge >= 0.3 is 0 Å². The molecule has 3 aromatic carbocycles. The molecule has 43 heavy (non-hydrogen) atoms. The van der Waals surface area contributed by atoms with Gasteiger partial charge in [-0.1, -0.05) is 128 Å². The first-order chi connectivity index (χ1) is 21.2. The van der Waals surface area contributed by atoms with E-state index in [0.29, 0.717) is 12.0 Å². The summed E-state index contributed by atoms with van der Waals surface area (Å²) in [6.45, 7) is 4.63. The summed E-state index contributed by atoms with van der Waals surface area (Å²) < 4.78 is 0. The predicted octanol–water partition coefficient (Wildman–Crippen LogP) is 12.1. The highest BCUT2D eigenvalue weighted by Crippen LogP contribution is 2.57. The zero-order valence-corrected chi connectivity index (χ0v) is 26.9. The van der Waals surface area contributed by atoms with E-state index >= 15 is 0 Å². The van der Waals surface area contributed by atoms with Crippen molar-refractivity contribution >= 4 is 17.7 Å². The van der Waals surface area contributed by atoms with Gasteiger partial charge in [0.15, 0.2) is 0 Å². The van der Waals surface area contributed by atoms with Gasteiger partial charge in [-0.15, -0.1) is 0 Å². The molecule has 228 valence electrons. The molecule has 2 heteroatoms. The molecule has 0 bridgehead atoms. The number of aldehydes is 1. The number of benzene rings is 3. The molecule has 2 aliphatic carbocycles. The standard InChI is InChI=1S/C41H53NO/c1-3-5-7-9-11-15-26-41(27-16-12-10-8-6-4-2)37-20-14-13-18-33(37)34-24-23-32(29-38(34)41)42-39-21-17-19-35(39)36-28-31(30-43)22-25-40(36)42/h13-14,18,20,22-25,28-30,35,39H,3-12,15-17,19,21,26-27H2,1-2H3. The number of unbranched alkanes of at least 4 members (excludes halogenated alkanes) is 10. The molecule has 3 aromatic rings. The van der Waals surface area contributed by atoms with E-state index in [1.807, 2.05) is 6.07 Å². The molecule has 0 saturated heterocycles. The molecule has 0 radical (unpaired) electrons. The van der Waals surface area contributed by atoms with Crippen molar-refractivity contribution in [2.24, 2.45) is 0 Å². The van der Waals surface area contributed by atoms with Crippen molar-refractivity contribution < 1.29 is 4.79 Å². The topological polar surface area (TPSA) is 20.3 Å². The molecule has 0 amide bonds. The fourth-order valence-electron chi connectivity index (χ4n) is 8.96. The Bertz CT molecular complexity index is 1370. The first-order valence-corrected chi connectivity index (χ1v) is 17.8. The van der Waals surface area contributed by atoms with Gasteiger partial charge in [-0.25, -0.2) is 0 Å². The summed E-state index contributed by atoms with van der Waals surface area (Å²) in [6, 6.07) is 23.8. The molecule has 1 saturated carbocycles. The molecule has 6 rings (SSSR count). The fourth-order valence-corrected chi connectivity index (χ4v) is 8.96. The maximum absolute atomic E-state index is 11.7. The third-order valence-electron chi connectivity index (χ3n) is 11.1. The first kappa shape index (κ1) is 30.2. The summed E-state index contributed by atoms with van der Waals surface area (Å²) >= 11 is 0. The van der Waals surface area contributed by atoms with Crippen LogP contribution in [-0.4, -0.2) is 12.3 Å². The van der Waals surface area contributed by atoms with E-state index < -0.39 is 0 Å². The van der Waals surface area contributed by atoms with Crippen molar-refractivity contribution in [3.8, 4) is 11.1 Å². The lowest BCUT2D eigenvalue weighted by molar-refractivity contribution is 0.112. The smallest absolute Gasteiger partial charge is 0.150 e. The van der Waals surface area contributed by atoms with Crippen molar-refractivity contribution in [3.63, 3.8) is 0 Å². The maximum Gasteiger partial charge on any atom is 0.150 e. The predicted molar refractivity (Wildman–Crippen MR) is 183 cm³/mol. The molecule has 0 aromatic heterocycles. The van der Waals surface area contributed by atoms with Crippen molar-refractivity contribution in [1.29, 1.82) is 0 Å².